The van der Waals surface area contributed by atoms with Crippen LogP contribution in [-0.4, -0.2) is 44.3 Å². The number of piperidine rings is 1. The highest BCUT2D eigenvalue weighted by Gasteiger charge is 2.60. The highest BCUT2D eigenvalue weighted by atomic mass is 35.5. The molecule has 9 heteroatoms. The fourth-order valence-corrected chi connectivity index (χ4v) is 5.35. The van der Waals surface area contributed by atoms with Gasteiger partial charge >= 0.3 is 6.18 Å². The molecule has 5 nitrogen and oxygen atoms in total. The number of aryl methyl sites for hydroxylation is 2. The zero-order valence-corrected chi connectivity index (χ0v) is 20.2. The summed E-state index contributed by atoms with van der Waals surface area (Å²) in [7, 11) is 2.00. The maximum Gasteiger partial charge on any atom is 0.416 e. The van der Waals surface area contributed by atoms with E-state index in [9.17, 15) is 13.2 Å². The number of benzene rings is 1. The van der Waals surface area contributed by atoms with Crippen molar-refractivity contribution in [2.75, 3.05) is 19.6 Å². The molecule has 3 aromatic rings. The van der Waals surface area contributed by atoms with E-state index in [0.717, 1.165) is 73.8 Å². The summed E-state index contributed by atoms with van der Waals surface area (Å²) in [4.78, 5) is 6.81. The molecular weight excluding hydrogens is 463 g/mol. The second-order valence-corrected chi connectivity index (χ2v) is 9.46. The van der Waals surface area contributed by atoms with Gasteiger partial charge in [-0.3, -0.25) is 4.98 Å². The van der Waals surface area contributed by atoms with Crippen LogP contribution in [0.5, 0.6) is 0 Å². The third-order valence-electron chi connectivity index (χ3n) is 7.34. The molecule has 1 aliphatic carbocycles. The minimum Gasteiger partial charge on any atom is -0.314 e. The number of nitrogens with zero attached hydrogens (tertiary/aromatic N) is 5. The molecular formula is C25H29ClF3N5. The second kappa shape index (κ2) is 9.30. The Morgan fingerprint density at radius 3 is 2.56 bits per heavy atom. The summed E-state index contributed by atoms with van der Waals surface area (Å²) in [5, 5.41) is 8.76. The molecule has 34 heavy (non-hydrogen) atoms. The van der Waals surface area contributed by atoms with Gasteiger partial charge < -0.3 is 9.47 Å². The zero-order chi connectivity index (χ0) is 23.2. The molecule has 3 heterocycles. The lowest BCUT2D eigenvalue weighted by Gasteiger charge is -2.21. The van der Waals surface area contributed by atoms with Gasteiger partial charge in [0.2, 0.25) is 0 Å². The van der Waals surface area contributed by atoms with Crippen LogP contribution in [0, 0.1) is 12.8 Å². The van der Waals surface area contributed by atoms with E-state index in [1.165, 1.54) is 12.1 Å². The number of likely N-dealkylation sites (tertiary alicyclic amines) is 1. The van der Waals surface area contributed by atoms with Gasteiger partial charge in [0.1, 0.15) is 5.82 Å². The Morgan fingerprint density at radius 1 is 1.09 bits per heavy atom. The number of hydrogen-bond donors (Lipinski definition) is 0. The number of aromatic nitrogens is 4. The van der Waals surface area contributed by atoms with Crippen molar-refractivity contribution in [2.24, 2.45) is 13.0 Å². The van der Waals surface area contributed by atoms with Crippen LogP contribution < -0.4 is 0 Å². The third kappa shape index (κ3) is 4.58. The number of hydrogen-bond acceptors (Lipinski definition) is 4. The maximum absolute atomic E-state index is 12.9. The van der Waals surface area contributed by atoms with Gasteiger partial charge in [0.25, 0.3) is 0 Å². The molecule has 1 saturated carbocycles. The van der Waals surface area contributed by atoms with Crippen LogP contribution in [0.15, 0.2) is 42.6 Å². The number of fused-ring (bicyclic) bond motifs is 1. The molecule has 182 valence electrons. The van der Waals surface area contributed by atoms with Crippen LogP contribution in [0.4, 0.5) is 13.2 Å². The van der Waals surface area contributed by atoms with E-state index < -0.39 is 11.7 Å². The summed E-state index contributed by atoms with van der Waals surface area (Å²) < 4.78 is 40.7. The summed E-state index contributed by atoms with van der Waals surface area (Å²) >= 11 is 0. The lowest BCUT2D eigenvalue weighted by Crippen LogP contribution is -2.27. The van der Waals surface area contributed by atoms with E-state index >= 15 is 0 Å². The van der Waals surface area contributed by atoms with Crippen LogP contribution in [0.3, 0.4) is 0 Å². The number of alkyl halides is 3. The van der Waals surface area contributed by atoms with Crippen molar-refractivity contribution in [3.8, 4) is 11.4 Å². The van der Waals surface area contributed by atoms with E-state index in [1.807, 2.05) is 26.1 Å². The number of pyridine rings is 1. The summed E-state index contributed by atoms with van der Waals surface area (Å²) in [5.41, 5.74) is 2.49. The molecule has 1 aromatic carbocycles. The van der Waals surface area contributed by atoms with Crippen molar-refractivity contribution in [2.45, 2.75) is 44.2 Å². The molecule has 2 fully saturated rings. The third-order valence-corrected chi connectivity index (χ3v) is 7.34. The maximum atomic E-state index is 12.9. The standard InChI is InChI=1S/C25H28F3N5.ClH/c1-17-21(6-5-12-29-17)23-31-30-22(32(23)2)7-3-4-13-33-15-20-14-24(20,16-33)18-8-10-19(11-9-18)25(26,27)28;/h5-6,8-12,20H,3-4,7,13-16H2,1-2H3;1H/t20-,24+;/m0./s1. The molecule has 1 aliphatic heterocycles. The van der Waals surface area contributed by atoms with Crippen LogP contribution in [0.1, 0.15) is 41.9 Å². The van der Waals surface area contributed by atoms with Crippen molar-refractivity contribution in [3.63, 3.8) is 0 Å². The van der Waals surface area contributed by atoms with Gasteiger partial charge in [0.15, 0.2) is 5.82 Å². The topological polar surface area (TPSA) is 46.8 Å². The molecule has 0 unspecified atom stereocenters. The average molecular weight is 492 g/mol. The minimum atomic E-state index is -4.28. The van der Waals surface area contributed by atoms with Gasteiger partial charge in [-0.25, -0.2) is 0 Å². The van der Waals surface area contributed by atoms with E-state index in [0.29, 0.717) is 5.92 Å². The molecule has 1 saturated heterocycles. The molecule has 0 N–H and O–H groups in total. The van der Waals surface area contributed by atoms with E-state index in [1.54, 1.807) is 18.3 Å². The van der Waals surface area contributed by atoms with Crippen molar-refractivity contribution in [3.05, 3.63) is 65.2 Å². The Labute approximate surface area is 203 Å². The molecule has 5 rings (SSSR count). The number of rotatable bonds is 7. The number of halogens is 4. The Kier molecular flexibility index (Phi) is 6.75. The smallest absolute Gasteiger partial charge is 0.314 e. The van der Waals surface area contributed by atoms with E-state index in [2.05, 4.69) is 24.6 Å². The molecule has 0 amide bonds. The van der Waals surface area contributed by atoms with Crippen molar-refractivity contribution in [1.29, 1.82) is 0 Å². The molecule has 0 bridgehead atoms. The largest absolute Gasteiger partial charge is 0.416 e. The summed E-state index contributed by atoms with van der Waals surface area (Å²) in [6.45, 7) is 4.96. The minimum absolute atomic E-state index is 0. The normalized spacial score (nSPS) is 21.9. The fourth-order valence-electron chi connectivity index (χ4n) is 5.35. The highest BCUT2D eigenvalue weighted by Crippen LogP contribution is 2.59. The van der Waals surface area contributed by atoms with E-state index in [4.69, 9.17) is 0 Å². The molecule has 2 aromatic heterocycles. The Morgan fingerprint density at radius 2 is 1.85 bits per heavy atom. The van der Waals surface area contributed by atoms with Crippen LogP contribution >= 0.6 is 12.4 Å². The van der Waals surface area contributed by atoms with E-state index in [-0.39, 0.29) is 17.8 Å². The van der Waals surface area contributed by atoms with Gasteiger partial charge in [-0.2, -0.15) is 13.2 Å². The van der Waals surface area contributed by atoms with Crippen molar-refractivity contribution in [1.82, 2.24) is 24.6 Å². The fraction of sp³-hybridized carbons (Fsp3) is 0.480. The molecule has 0 spiro atoms. The zero-order valence-electron chi connectivity index (χ0n) is 19.3. The molecule has 2 atom stereocenters. The van der Waals surface area contributed by atoms with Crippen LogP contribution in [-0.2, 0) is 25.1 Å². The quantitative estimate of drug-likeness (QED) is 0.425. The first-order valence-corrected chi connectivity index (χ1v) is 11.5. The SMILES string of the molecule is Cc1ncccc1-c1nnc(CCCCN2C[C@@H]3C[C@]3(c3ccc(C(F)(F)F)cc3)C2)n1C.Cl. The highest BCUT2D eigenvalue weighted by molar-refractivity contribution is 5.85. The molecule has 0 radical (unpaired) electrons. The summed E-state index contributed by atoms with van der Waals surface area (Å²) in [5.74, 6) is 2.38. The first kappa shape index (κ1) is 24.7. The van der Waals surface area contributed by atoms with Crippen LogP contribution in [0.2, 0.25) is 0 Å². The van der Waals surface area contributed by atoms with Gasteiger partial charge in [-0.1, -0.05) is 12.1 Å². The van der Waals surface area contributed by atoms with Gasteiger partial charge in [-0.05, 0) is 68.5 Å². The predicted octanol–water partition coefficient (Wildman–Crippen LogP) is 5.22. The predicted molar refractivity (Wildman–Crippen MR) is 127 cm³/mol. The number of unbranched alkanes of at least 4 members (excludes halogenated alkanes) is 1. The first-order chi connectivity index (χ1) is 15.8. The lowest BCUT2D eigenvalue weighted by molar-refractivity contribution is -0.137. The summed E-state index contributed by atoms with van der Waals surface area (Å²) in [6, 6.07) is 9.74. The second-order valence-electron chi connectivity index (χ2n) is 9.46. The molecule has 2 aliphatic rings. The first-order valence-electron chi connectivity index (χ1n) is 11.5. The van der Waals surface area contributed by atoms with Crippen molar-refractivity contribution >= 4 is 12.4 Å². The average Bonchev–Trinajstić information content (AvgIpc) is 3.17. The van der Waals surface area contributed by atoms with Gasteiger partial charge in [0, 0.05) is 49.4 Å². The van der Waals surface area contributed by atoms with Crippen molar-refractivity contribution < 1.29 is 13.2 Å². The van der Waals surface area contributed by atoms with Gasteiger partial charge in [0.05, 0.1) is 5.56 Å². The monoisotopic (exact) mass is 491 g/mol. The lowest BCUT2D eigenvalue weighted by atomic mass is 9.94. The van der Waals surface area contributed by atoms with Crippen LogP contribution in [0.25, 0.3) is 11.4 Å². The Balaban J connectivity index is 0.00000274. The van der Waals surface area contributed by atoms with Gasteiger partial charge in [-0.15, -0.1) is 22.6 Å². The summed E-state index contributed by atoms with van der Waals surface area (Å²) in [6.07, 6.45) is 1.53. The Bertz CT molecular complexity index is 1140. The Hall–Kier alpha value is -2.45.